The maximum atomic E-state index is 11.8. The van der Waals surface area contributed by atoms with Gasteiger partial charge in [0.1, 0.15) is 6.10 Å². The highest BCUT2D eigenvalue weighted by Gasteiger charge is 2.11. The predicted molar refractivity (Wildman–Crippen MR) is 119 cm³/mol. The van der Waals surface area contributed by atoms with Crippen LogP contribution in [0.4, 0.5) is 0 Å². The third kappa shape index (κ3) is 7.40. The van der Waals surface area contributed by atoms with Crippen molar-refractivity contribution in [3.8, 4) is 0 Å². The second kappa shape index (κ2) is 12.1. The van der Waals surface area contributed by atoms with Crippen LogP contribution < -0.4 is 16.0 Å². The Morgan fingerprint density at radius 3 is 2.66 bits per heavy atom. The Labute approximate surface area is 177 Å². The van der Waals surface area contributed by atoms with Crippen LogP contribution in [-0.4, -0.2) is 45.7 Å². The summed E-state index contributed by atoms with van der Waals surface area (Å²) in [6, 6.07) is 15.2. The summed E-state index contributed by atoms with van der Waals surface area (Å²) in [5, 5.41) is 9.90. The van der Waals surface area contributed by atoms with E-state index < -0.39 is 0 Å². The minimum absolute atomic E-state index is 0.0821. The summed E-state index contributed by atoms with van der Waals surface area (Å²) in [4.78, 5) is 16.4. The monoisotopic (exact) mass is 416 g/mol. The fourth-order valence-corrected chi connectivity index (χ4v) is 3.08. The Balaban J connectivity index is 1.96. The molecule has 0 aliphatic rings. The molecule has 0 fully saturated rings. The van der Waals surface area contributed by atoms with Crippen LogP contribution in [0, 0.1) is 0 Å². The number of carbonyl (C=O) groups is 1. The van der Waals surface area contributed by atoms with Crippen molar-refractivity contribution in [1.82, 2.24) is 16.0 Å². The van der Waals surface area contributed by atoms with E-state index in [9.17, 15) is 4.79 Å². The fraction of sp³-hybridized carbons (Fsp3) is 0.364. The summed E-state index contributed by atoms with van der Waals surface area (Å²) in [5.74, 6) is 0.639. The van der Waals surface area contributed by atoms with E-state index in [-0.39, 0.29) is 12.0 Å². The first-order chi connectivity index (χ1) is 14.1. The highest BCUT2D eigenvalue weighted by molar-refractivity contribution is 6.30. The van der Waals surface area contributed by atoms with Crippen LogP contribution in [0.5, 0.6) is 0 Å². The van der Waals surface area contributed by atoms with Gasteiger partial charge in [-0.1, -0.05) is 35.9 Å². The Kier molecular flexibility index (Phi) is 9.47. The zero-order valence-corrected chi connectivity index (χ0v) is 17.9. The Morgan fingerprint density at radius 2 is 1.97 bits per heavy atom. The second-order valence-corrected chi connectivity index (χ2v) is 6.89. The van der Waals surface area contributed by atoms with Crippen LogP contribution in [0.3, 0.4) is 0 Å². The van der Waals surface area contributed by atoms with Gasteiger partial charge in [0.05, 0.1) is 6.54 Å². The molecule has 1 unspecified atom stereocenters. The van der Waals surface area contributed by atoms with Gasteiger partial charge in [0.25, 0.3) is 5.91 Å². The molecule has 1 atom stereocenters. The molecular weight excluding hydrogens is 388 g/mol. The van der Waals surface area contributed by atoms with Crippen molar-refractivity contribution < 1.29 is 9.53 Å². The van der Waals surface area contributed by atoms with Crippen LogP contribution in [0.25, 0.3) is 0 Å². The van der Waals surface area contributed by atoms with Crippen LogP contribution in [0.1, 0.15) is 34.5 Å². The zero-order valence-electron chi connectivity index (χ0n) is 17.2. The van der Waals surface area contributed by atoms with Gasteiger partial charge < -0.3 is 20.7 Å². The molecule has 6 nitrogen and oxygen atoms in total. The first-order valence-corrected chi connectivity index (χ1v) is 10.1. The average Bonchev–Trinajstić information content (AvgIpc) is 2.74. The van der Waals surface area contributed by atoms with E-state index >= 15 is 0 Å². The number of rotatable bonds is 9. The lowest BCUT2D eigenvalue weighted by Crippen LogP contribution is -2.38. The first-order valence-electron chi connectivity index (χ1n) is 9.68. The largest absolute Gasteiger partial charge is 0.375 e. The maximum absolute atomic E-state index is 11.8. The van der Waals surface area contributed by atoms with E-state index in [4.69, 9.17) is 16.3 Å². The SMILES string of the molecule is CCNC(=NCC(OC)c1cccc(Cl)c1)NCCc1cccc(C(=O)NC)c1. The van der Waals surface area contributed by atoms with Gasteiger partial charge in [0.15, 0.2) is 5.96 Å². The van der Waals surface area contributed by atoms with E-state index in [1.807, 2.05) is 55.5 Å². The number of carbonyl (C=O) groups excluding carboxylic acids is 1. The minimum atomic E-state index is -0.173. The summed E-state index contributed by atoms with van der Waals surface area (Å²) < 4.78 is 5.58. The normalized spacial score (nSPS) is 12.3. The number of aliphatic imine (C=N–C) groups is 1. The van der Waals surface area contributed by atoms with E-state index in [2.05, 4.69) is 20.9 Å². The molecule has 2 rings (SSSR count). The molecular formula is C22H29ClN4O2. The number of nitrogens with one attached hydrogen (secondary N) is 3. The number of guanidine groups is 1. The highest BCUT2D eigenvalue weighted by Crippen LogP contribution is 2.20. The lowest BCUT2D eigenvalue weighted by molar-refractivity contribution is 0.0963. The molecule has 1 amide bonds. The van der Waals surface area contributed by atoms with Crippen molar-refractivity contribution in [1.29, 1.82) is 0 Å². The quantitative estimate of drug-likeness (QED) is 0.433. The molecule has 0 aliphatic carbocycles. The van der Waals surface area contributed by atoms with Gasteiger partial charge in [-0.15, -0.1) is 0 Å². The standard InChI is InChI=1S/C22H29ClN4O2/c1-4-25-22(27-15-20(29-3)17-8-6-10-19(23)14-17)26-12-11-16-7-5-9-18(13-16)21(28)24-2/h5-10,13-14,20H,4,11-12,15H2,1-3H3,(H,24,28)(H2,25,26,27). The second-order valence-electron chi connectivity index (χ2n) is 6.46. The number of methoxy groups -OCH3 is 1. The third-order valence-corrected chi connectivity index (χ3v) is 4.62. The zero-order chi connectivity index (χ0) is 21.1. The smallest absolute Gasteiger partial charge is 0.251 e. The van der Waals surface area contributed by atoms with Crippen molar-refractivity contribution in [2.75, 3.05) is 33.8 Å². The Bertz CT molecular complexity index is 826. The van der Waals surface area contributed by atoms with Gasteiger partial charge in [-0.25, -0.2) is 0 Å². The third-order valence-electron chi connectivity index (χ3n) is 4.39. The van der Waals surface area contributed by atoms with Crippen LogP contribution in [-0.2, 0) is 11.2 Å². The number of ether oxygens (including phenoxy) is 1. The summed E-state index contributed by atoms with van der Waals surface area (Å²) >= 11 is 6.08. The summed E-state index contributed by atoms with van der Waals surface area (Å²) in [6.45, 7) is 3.94. The number of benzene rings is 2. The van der Waals surface area contributed by atoms with Gasteiger partial charge in [-0.05, 0) is 48.7 Å². The van der Waals surface area contributed by atoms with Crippen LogP contribution in [0.15, 0.2) is 53.5 Å². The molecule has 3 N–H and O–H groups in total. The molecule has 0 saturated carbocycles. The molecule has 0 radical (unpaired) electrons. The number of hydrogen-bond donors (Lipinski definition) is 3. The maximum Gasteiger partial charge on any atom is 0.251 e. The van der Waals surface area contributed by atoms with Crippen molar-refractivity contribution in [2.45, 2.75) is 19.4 Å². The van der Waals surface area contributed by atoms with E-state index in [0.29, 0.717) is 23.7 Å². The molecule has 0 aromatic heterocycles. The van der Waals surface area contributed by atoms with Gasteiger partial charge in [0.2, 0.25) is 0 Å². The van der Waals surface area contributed by atoms with Gasteiger partial charge >= 0.3 is 0 Å². The molecule has 7 heteroatoms. The van der Waals surface area contributed by atoms with Crippen molar-refractivity contribution in [3.63, 3.8) is 0 Å². The lowest BCUT2D eigenvalue weighted by atomic mass is 10.1. The van der Waals surface area contributed by atoms with Gasteiger partial charge in [0, 0.05) is 37.8 Å². The van der Waals surface area contributed by atoms with Crippen LogP contribution >= 0.6 is 11.6 Å². The molecule has 0 bridgehead atoms. The molecule has 0 saturated heterocycles. The molecule has 0 aliphatic heterocycles. The van der Waals surface area contributed by atoms with Crippen molar-refractivity contribution in [3.05, 3.63) is 70.2 Å². The van der Waals surface area contributed by atoms with E-state index in [1.54, 1.807) is 14.2 Å². The minimum Gasteiger partial charge on any atom is -0.375 e. The summed E-state index contributed by atoms with van der Waals surface area (Å²) in [5.41, 5.74) is 2.74. The number of halogens is 1. The molecule has 2 aromatic carbocycles. The predicted octanol–water partition coefficient (Wildman–Crippen LogP) is 3.18. The Hall–Kier alpha value is -2.57. The van der Waals surface area contributed by atoms with Crippen LogP contribution in [0.2, 0.25) is 5.02 Å². The molecule has 156 valence electrons. The lowest BCUT2D eigenvalue weighted by Gasteiger charge is -2.16. The summed E-state index contributed by atoms with van der Waals surface area (Å²) in [6.07, 6.45) is 0.602. The Morgan fingerprint density at radius 1 is 1.17 bits per heavy atom. The van der Waals surface area contributed by atoms with E-state index in [0.717, 1.165) is 30.1 Å². The molecule has 29 heavy (non-hydrogen) atoms. The highest BCUT2D eigenvalue weighted by atomic mass is 35.5. The molecule has 2 aromatic rings. The van der Waals surface area contributed by atoms with Crippen molar-refractivity contribution >= 4 is 23.5 Å². The number of hydrogen-bond acceptors (Lipinski definition) is 3. The number of amides is 1. The molecule has 0 spiro atoms. The van der Waals surface area contributed by atoms with E-state index in [1.165, 1.54) is 0 Å². The molecule has 0 heterocycles. The first kappa shape index (κ1) is 22.7. The number of nitrogens with zero attached hydrogens (tertiary/aromatic N) is 1. The van der Waals surface area contributed by atoms with Gasteiger partial charge in [-0.3, -0.25) is 9.79 Å². The van der Waals surface area contributed by atoms with Gasteiger partial charge in [-0.2, -0.15) is 0 Å². The fourth-order valence-electron chi connectivity index (χ4n) is 2.88. The average molecular weight is 417 g/mol. The topological polar surface area (TPSA) is 74.8 Å². The van der Waals surface area contributed by atoms with Crippen molar-refractivity contribution in [2.24, 2.45) is 4.99 Å². The summed E-state index contributed by atoms with van der Waals surface area (Å²) in [7, 11) is 3.30.